The van der Waals surface area contributed by atoms with E-state index in [2.05, 4.69) is 36.1 Å². The molecule has 0 radical (unpaired) electrons. The Hall–Kier alpha value is -3.43. The van der Waals surface area contributed by atoms with E-state index in [1.165, 1.54) is 0 Å². The van der Waals surface area contributed by atoms with Gasteiger partial charge in [0.2, 0.25) is 0 Å². The number of imidazole rings is 1. The van der Waals surface area contributed by atoms with Crippen molar-refractivity contribution in [3.63, 3.8) is 0 Å². The van der Waals surface area contributed by atoms with Crippen LogP contribution in [0.1, 0.15) is 38.3 Å². The molecule has 31 heavy (non-hydrogen) atoms. The predicted octanol–water partition coefficient (Wildman–Crippen LogP) is 1.70. The number of rotatable bonds is 3. The zero-order valence-electron chi connectivity index (χ0n) is 17.5. The summed E-state index contributed by atoms with van der Waals surface area (Å²) in [5.41, 5.74) is 2.93. The number of carboxylic acid groups (broad SMARTS) is 1. The Labute approximate surface area is 177 Å². The molecule has 0 saturated heterocycles. The lowest BCUT2D eigenvalue weighted by Gasteiger charge is -2.27. The van der Waals surface area contributed by atoms with Crippen LogP contribution in [0.5, 0.6) is 0 Å². The molecule has 0 saturated carbocycles. The van der Waals surface area contributed by atoms with Crippen molar-refractivity contribution in [1.29, 1.82) is 0 Å². The van der Waals surface area contributed by atoms with Crippen molar-refractivity contribution in [3.05, 3.63) is 54.7 Å². The van der Waals surface area contributed by atoms with Gasteiger partial charge in [0, 0.05) is 23.7 Å². The van der Waals surface area contributed by atoms with Crippen LogP contribution in [0, 0.1) is 5.41 Å². The number of hydrogen-bond donors (Lipinski definition) is 2. The lowest BCUT2D eigenvalue weighted by Crippen LogP contribution is -2.44. The lowest BCUT2D eigenvalue weighted by molar-refractivity contribution is -0.514. The van der Waals surface area contributed by atoms with Crippen molar-refractivity contribution < 1.29 is 37.3 Å². The molecule has 0 aliphatic heterocycles. The number of hydrogen-bond acceptors (Lipinski definition) is 3. The Morgan fingerprint density at radius 2 is 1.71 bits per heavy atom. The topological polar surface area (TPSA) is 103 Å². The molecule has 1 amide bonds. The third kappa shape index (κ3) is 6.03. The van der Waals surface area contributed by atoms with Crippen LogP contribution in [-0.2, 0) is 4.79 Å². The van der Waals surface area contributed by atoms with Crippen LogP contribution in [0.3, 0.4) is 0 Å². The SMILES string of the molecule is CC(NC(=O)c1[nH]c(-c2cc[nH+]cc2)c2cccc[n+]12)C(C)(C)C.O=C([O-])C(F)(F)F. The summed E-state index contributed by atoms with van der Waals surface area (Å²) in [6.07, 6.45) is 0.454. The highest BCUT2D eigenvalue weighted by atomic mass is 19.4. The van der Waals surface area contributed by atoms with Gasteiger partial charge in [0.1, 0.15) is 5.97 Å². The van der Waals surface area contributed by atoms with Crippen LogP contribution < -0.4 is 19.8 Å². The van der Waals surface area contributed by atoms with E-state index in [1.54, 1.807) is 0 Å². The molecule has 3 aromatic rings. The lowest BCUT2D eigenvalue weighted by atomic mass is 9.88. The van der Waals surface area contributed by atoms with Gasteiger partial charge in [0.25, 0.3) is 0 Å². The second kappa shape index (κ2) is 9.15. The largest absolute Gasteiger partial charge is 0.542 e. The molecule has 1 atom stereocenters. The second-order valence-electron chi connectivity index (χ2n) is 7.94. The number of aromatic nitrogens is 3. The number of carbonyl (C=O) groups excluding carboxylic acids is 2. The average molecular weight is 437 g/mol. The molecule has 0 aliphatic carbocycles. The quantitative estimate of drug-likeness (QED) is 0.610. The predicted molar refractivity (Wildman–Crippen MR) is 103 cm³/mol. The number of nitrogens with one attached hydrogen (secondary N) is 3. The summed E-state index contributed by atoms with van der Waals surface area (Å²) >= 11 is 0. The molecule has 7 nitrogen and oxygen atoms in total. The summed E-state index contributed by atoms with van der Waals surface area (Å²) in [5, 5.41) is 11.9. The van der Waals surface area contributed by atoms with Crippen molar-refractivity contribution in [1.82, 2.24) is 10.3 Å². The molecule has 166 valence electrons. The fourth-order valence-corrected chi connectivity index (χ4v) is 2.51. The third-order valence-electron chi connectivity index (χ3n) is 4.70. The number of fused-ring (bicyclic) bond motifs is 1. The molecule has 0 fully saturated rings. The maximum Gasteiger partial charge on any atom is 0.430 e. The summed E-state index contributed by atoms with van der Waals surface area (Å²) < 4.78 is 33.4. The van der Waals surface area contributed by atoms with Crippen molar-refractivity contribution >= 4 is 17.4 Å². The van der Waals surface area contributed by atoms with E-state index in [0.717, 1.165) is 16.8 Å². The number of aromatic amines is 2. The zero-order valence-corrected chi connectivity index (χ0v) is 17.5. The smallest absolute Gasteiger partial charge is 0.430 e. The maximum absolute atomic E-state index is 12.8. The first-order chi connectivity index (χ1) is 14.3. The van der Waals surface area contributed by atoms with Crippen molar-refractivity contribution in [2.75, 3.05) is 0 Å². The molecular formula is C21H24F3N4O3+. The van der Waals surface area contributed by atoms with Gasteiger partial charge in [-0.15, -0.1) is 0 Å². The first kappa shape index (κ1) is 23.8. The number of H-pyrrole nitrogens is 2. The molecule has 0 aliphatic rings. The molecule has 3 heterocycles. The standard InChI is InChI=1S/C19H22N4O.C2HF3O2/c1-13(19(2,3)4)21-18(24)17-22-16(14-8-10-20-11-9-14)15-7-5-6-12-23(15)17;3-2(4,5)1(6)7/h5-13H,1-4H3,(H,21,24);(H,6,7)/p+1. The van der Waals surface area contributed by atoms with E-state index in [0.29, 0.717) is 5.82 Å². The monoisotopic (exact) mass is 437 g/mol. The summed E-state index contributed by atoms with van der Waals surface area (Å²) in [6, 6.07) is 9.93. The highest BCUT2D eigenvalue weighted by Gasteiger charge is 2.30. The minimum Gasteiger partial charge on any atom is -0.542 e. The van der Waals surface area contributed by atoms with Gasteiger partial charge < -0.3 is 15.2 Å². The minimum absolute atomic E-state index is 0.000811. The Morgan fingerprint density at radius 1 is 1.13 bits per heavy atom. The molecule has 3 aromatic heterocycles. The first-order valence-corrected chi connectivity index (χ1v) is 9.40. The summed E-state index contributed by atoms with van der Waals surface area (Å²) in [7, 11) is 0. The summed E-state index contributed by atoms with van der Waals surface area (Å²) in [5.74, 6) is -2.58. The van der Waals surface area contributed by atoms with E-state index in [4.69, 9.17) is 9.90 Å². The Balaban J connectivity index is 0.000000423. The van der Waals surface area contributed by atoms with Gasteiger partial charge in [0.05, 0.1) is 6.20 Å². The van der Waals surface area contributed by atoms with Crippen LogP contribution in [0.15, 0.2) is 48.9 Å². The normalized spacial score (nSPS) is 12.6. The van der Waals surface area contributed by atoms with E-state index in [9.17, 15) is 18.0 Å². The molecule has 1 unspecified atom stereocenters. The number of amides is 1. The molecule has 0 bridgehead atoms. The maximum atomic E-state index is 12.8. The number of carboxylic acids is 1. The fourth-order valence-electron chi connectivity index (χ4n) is 2.51. The summed E-state index contributed by atoms with van der Waals surface area (Å²) in [4.78, 5) is 27.9. The Morgan fingerprint density at radius 3 is 2.23 bits per heavy atom. The number of carbonyl (C=O) groups is 2. The first-order valence-electron chi connectivity index (χ1n) is 9.40. The zero-order chi connectivity index (χ0) is 23.4. The Kier molecular flexibility index (Phi) is 7.04. The van der Waals surface area contributed by atoms with Crippen molar-refractivity contribution in [2.24, 2.45) is 5.41 Å². The van der Waals surface area contributed by atoms with E-state index < -0.39 is 12.1 Å². The van der Waals surface area contributed by atoms with Gasteiger partial charge in [-0.05, 0) is 24.5 Å². The highest BCUT2D eigenvalue weighted by Crippen LogP contribution is 2.21. The van der Waals surface area contributed by atoms with Crippen molar-refractivity contribution in [2.45, 2.75) is 39.9 Å². The summed E-state index contributed by atoms with van der Waals surface area (Å²) in [6.45, 7) is 8.37. The van der Waals surface area contributed by atoms with Gasteiger partial charge in [-0.3, -0.25) is 4.79 Å². The minimum atomic E-state index is -5.19. The number of halogens is 3. The molecule has 10 heteroatoms. The second-order valence-corrected chi connectivity index (χ2v) is 7.94. The van der Waals surface area contributed by atoms with Crippen LogP contribution in [0.2, 0.25) is 0 Å². The third-order valence-corrected chi connectivity index (χ3v) is 4.70. The number of aliphatic carboxylic acids is 1. The van der Waals surface area contributed by atoms with E-state index in [1.807, 2.05) is 60.2 Å². The molecule has 3 rings (SSSR count). The van der Waals surface area contributed by atoms with Gasteiger partial charge in [0.15, 0.2) is 23.6 Å². The molecule has 0 aromatic carbocycles. The van der Waals surface area contributed by atoms with Gasteiger partial charge in [-0.2, -0.15) is 17.6 Å². The highest BCUT2D eigenvalue weighted by molar-refractivity contribution is 5.91. The van der Waals surface area contributed by atoms with Crippen LogP contribution in [0.25, 0.3) is 16.8 Å². The van der Waals surface area contributed by atoms with Crippen molar-refractivity contribution in [3.8, 4) is 11.3 Å². The molecular weight excluding hydrogens is 413 g/mol. The van der Waals surface area contributed by atoms with Crippen LogP contribution >= 0.6 is 0 Å². The number of nitrogens with zero attached hydrogens (tertiary/aromatic N) is 1. The molecule has 0 spiro atoms. The van der Waals surface area contributed by atoms with Gasteiger partial charge in [-0.25, -0.2) is 9.97 Å². The number of alkyl halides is 3. The van der Waals surface area contributed by atoms with Crippen LogP contribution in [0.4, 0.5) is 13.2 Å². The van der Waals surface area contributed by atoms with Crippen LogP contribution in [-0.4, -0.2) is 29.1 Å². The van der Waals surface area contributed by atoms with E-state index in [-0.39, 0.29) is 17.4 Å². The van der Waals surface area contributed by atoms with Gasteiger partial charge in [-0.1, -0.05) is 26.8 Å². The number of pyridine rings is 2. The fraction of sp³-hybridized carbons (Fsp3) is 0.333. The van der Waals surface area contributed by atoms with E-state index >= 15 is 0 Å². The Bertz CT molecular complexity index is 1060. The van der Waals surface area contributed by atoms with Gasteiger partial charge >= 0.3 is 17.9 Å². The molecule has 3 N–H and O–H groups in total. The average Bonchev–Trinajstić information content (AvgIpc) is 3.07.